The first-order valence-corrected chi connectivity index (χ1v) is 11.1. The van der Waals surface area contributed by atoms with Crippen molar-refractivity contribution < 1.29 is 24.9 Å². The molecule has 0 radical (unpaired) electrons. The van der Waals surface area contributed by atoms with Crippen molar-refractivity contribution in [3.63, 3.8) is 0 Å². The average Bonchev–Trinajstić information content (AvgIpc) is 3.13. The molecule has 0 unspecified atom stereocenters. The smallest absolute Gasteiger partial charge is 0.331 e. The van der Waals surface area contributed by atoms with Gasteiger partial charge in [0, 0.05) is 23.8 Å². The summed E-state index contributed by atoms with van der Waals surface area (Å²) in [6.07, 6.45) is 7.87. The fourth-order valence-corrected chi connectivity index (χ4v) is 8.47. The van der Waals surface area contributed by atoms with E-state index in [4.69, 9.17) is 4.74 Å². The summed E-state index contributed by atoms with van der Waals surface area (Å²) in [5, 5.41) is 33.3. The largest absolute Gasteiger partial charge is 0.458 e. The number of rotatable bonds is 1. The molecule has 0 bridgehead atoms. The zero-order valence-electron chi connectivity index (χ0n) is 17.1. The summed E-state index contributed by atoms with van der Waals surface area (Å²) in [5.41, 5.74) is -0.301. The first-order valence-electron chi connectivity index (χ1n) is 11.1. The van der Waals surface area contributed by atoms with Crippen LogP contribution in [0.4, 0.5) is 0 Å². The van der Waals surface area contributed by atoms with E-state index < -0.39 is 17.1 Å². The van der Waals surface area contributed by atoms with Crippen molar-refractivity contribution in [2.75, 3.05) is 6.61 Å². The Hall–Kier alpha value is -0.910. The minimum atomic E-state index is -0.906. The molecule has 0 amide bonds. The lowest BCUT2D eigenvalue weighted by molar-refractivity contribution is -0.208. The highest BCUT2D eigenvalue weighted by Crippen LogP contribution is 2.69. The molecule has 3 N–H and O–H groups in total. The van der Waals surface area contributed by atoms with Crippen LogP contribution < -0.4 is 0 Å². The Kier molecular flexibility index (Phi) is 4.12. The standard InChI is InChI=1S/C23H34O5/c1-21-7-5-15(24)10-14(21)3-4-17-16(21)6-8-22(2)20(13-9-19(26)28-12-13)18(25)11-23(17,22)27/h9,14-18,20,24-25,27H,3-8,10-12H2,1-2H3/t14-,15+,16-,17-,18+,20+,21+,22+,23-/m0/s1. The molecule has 4 saturated carbocycles. The van der Waals surface area contributed by atoms with E-state index in [2.05, 4.69) is 13.8 Å². The number of hydrogen-bond acceptors (Lipinski definition) is 5. The van der Waals surface area contributed by atoms with Gasteiger partial charge in [-0.1, -0.05) is 13.8 Å². The van der Waals surface area contributed by atoms with E-state index in [0.29, 0.717) is 18.3 Å². The summed E-state index contributed by atoms with van der Waals surface area (Å²) in [4.78, 5) is 11.7. The minimum Gasteiger partial charge on any atom is -0.458 e. The lowest BCUT2D eigenvalue weighted by Crippen LogP contribution is -2.62. The number of aliphatic hydroxyl groups is 3. The molecule has 0 saturated heterocycles. The first-order chi connectivity index (χ1) is 13.2. The summed E-state index contributed by atoms with van der Waals surface area (Å²) < 4.78 is 5.14. The molecule has 28 heavy (non-hydrogen) atoms. The maximum Gasteiger partial charge on any atom is 0.331 e. The summed E-state index contributed by atoms with van der Waals surface area (Å²) in [6.45, 7) is 4.77. The van der Waals surface area contributed by atoms with Crippen LogP contribution in [0.1, 0.15) is 65.2 Å². The van der Waals surface area contributed by atoms with Crippen molar-refractivity contribution in [3.8, 4) is 0 Å². The Labute approximate surface area is 167 Å². The van der Waals surface area contributed by atoms with Crippen LogP contribution in [0.2, 0.25) is 0 Å². The SMILES string of the molecule is C[C@@]12CC[C@@H](O)C[C@@H]1CC[C@H]1[C@@H]2CC[C@]2(C)[C@H](C3=CC(=O)OC3)[C@H](O)C[C@]12O. The molecular formula is C23H34O5. The molecule has 0 aromatic carbocycles. The predicted molar refractivity (Wildman–Crippen MR) is 103 cm³/mol. The maximum atomic E-state index is 12.1. The van der Waals surface area contributed by atoms with E-state index >= 15 is 0 Å². The fourth-order valence-electron chi connectivity index (χ4n) is 8.47. The van der Waals surface area contributed by atoms with E-state index in [1.165, 1.54) is 6.08 Å². The fraction of sp³-hybridized carbons (Fsp3) is 0.870. The molecule has 1 heterocycles. The molecule has 4 aliphatic carbocycles. The van der Waals surface area contributed by atoms with Crippen LogP contribution in [0.25, 0.3) is 0 Å². The zero-order chi connectivity index (χ0) is 19.9. The van der Waals surface area contributed by atoms with Gasteiger partial charge >= 0.3 is 5.97 Å². The van der Waals surface area contributed by atoms with Gasteiger partial charge in [-0.15, -0.1) is 0 Å². The summed E-state index contributed by atoms with van der Waals surface area (Å²) in [7, 11) is 0. The van der Waals surface area contributed by atoms with Gasteiger partial charge in [0.2, 0.25) is 0 Å². The predicted octanol–water partition coefficient (Wildman–Crippen LogP) is 2.58. The second kappa shape index (κ2) is 6.05. The van der Waals surface area contributed by atoms with Crippen LogP contribution in [0.3, 0.4) is 0 Å². The molecule has 4 fully saturated rings. The number of fused-ring (bicyclic) bond motifs is 5. The normalized spacial score (nSPS) is 55.8. The third-order valence-corrected chi connectivity index (χ3v) is 9.92. The van der Waals surface area contributed by atoms with Gasteiger partial charge in [-0.3, -0.25) is 0 Å². The quantitative estimate of drug-likeness (QED) is 0.599. The Balaban J connectivity index is 1.50. The third kappa shape index (κ3) is 2.33. The van der Waals surface area contributed by atoms with Crippen LogP contribution in [-0.4, -0.2) is 45.7 Å². The van der Waals surface area contributed by atoms with Gasteiger partial charge in [0.1, 0.15) is 6.61 Å². The Morgan fingerprint density at radius 1 is 1.07 bits per heavy atom. The maximum absolute atomic E-state index is 12.1. The van der Waals surface area contributed by atoms with Crippen molar-refractivity contribution in [2.24, 2.45) is 34.5 Å². The highest BCUT2D eigenvalue weighted by Gasteiger charge is 2.70. The van der Waals surface area contributed by atoms with Gasteiger partial charge in [-0.25, -0.2) is 4.79 Å². The van der Waals surface area contributed by atoms with E-state index in [0.717, 1.165) is 50.5 Å². The molecule has 5 rings (SSSR count). The van der Waals surface area contributed by atoms with Crippen LogP contribution in [0, 0.1) is 34.5 Å². The summed E-state index contributed by atoms with van der Waals surface area (Å²) in [6, 6.07) is 0. The molecule has 5 aliphatic rings. The third-order valence-electron chi connectivity index (χ3n) is 9.92. The zero-order valence-corrected chi connectivity index (χ0v) is 17.1. The van der Waals surface area contributed by atoms with Crippen LogP contribution in [-0.2, 0) is 9.53 Å². The number of aliphatic hydroxyl groups excluding tert-OH is 2. The number of carbonyl (C=O) groups is 1. The monoisotopic (exact) mass is 390 g/mol. The van der Waals surface area contributed by atoms with Crippen LogP contribution in [0.15, 0.2) is 11.6 Å². The van der Waals surface area contributed by atoms with Gasteiger partial charge in [-0.2, -0.15) is 0 Å². The highest BCUT2D eigenvalue weighted by atomic mass is 16.5. The molecule has 0 spiro atoms. The first kappa shape index (κ1) is 19.1. The van der Waals surface area contributed by atoms with Gasteiger partial charge in [0.15, 0.2) is 0 Å². The van der Waals surface area contributed by atoms with Crippen LogP contribution in [0.5, 0.6) is 0 Å². The van der Waals surface area contributed by atoms with Crippen molar-refractivity contribution in [1.29, 1.82) is 0 Å². The summed E-state index contributed by atoms with van der Waals surface area (Å²) in [5.74, 6) is 0.627. The van der Waals surface area contributed by atoms with Crippen LogP contribution >= 0.6 is 0 Å². The van der Waals surface area contributed by atoms with Gasteiger partial charge in [-0.05, 0) is 73.7 Å². The van der Waals surface area contributed by atoms with E-state index in [1.54, 1.807) is 0 Å². The molecular weight excluding hydrogens is 356 g/mol. The second-order valence-electron chi connectivity index (χ2n) is 10.9. The van der Waals surface area contributed by atoms with Crippen molar-refractivity contribution in [1.82, 2.24) is 0 Å². The molecule has 5 heteroatoms. The Morgan fingerprint density at radius 3 is 2.57 bits per heavy atom. The number of carbonyl (C=O) groups excluding carboxylic acids is 1. The van der Waals surface area contributed by atoms with Gasteiger partial charge in [0.25, 0.3) is 0 Å². The number of ether oxygens (including phenoxy) is 1. The van der Waals surface area contributed by atoms with E-state index in [-0.39, 0.29) is 35.9 Å². The number of esters is 1. The van der Waals surface area contributed by atoms with Crippen molar-refractivity contribution in [2.45, 2.75) is 83.0 Å². The van der Waals surface area contributed by atoms with Gasteiger partial charge in [0.05, 0.1) is 17.8 Å². The minimum absolute atomic E-state index is 0.170. The van der Waals surface area contributed by atoms with E-state index in [1.807, 2.05) is 0 Å². The second-order valence-corrected chi connectivity index (χ2v) is 10.9. The van der Waals surface area contributed by atoms with Gasteiger partial charge < -0.3 is 20.1 Å². The molecule has 9 atom stereocenters. The van der Waals surface area contributed by atoms with Crippen molar-refractivity contribution >= 4 is 5.97 Å². The molecule has 5 nitrogen and oxygen atoms in total. The lowest BCUT2D eigenvalue weighted by Gasteiger charge is -2.63. The Bertz CT molecular complexity index is 718. The highest BCUT2D eigenvalue weighted by molar-refractivity contribution is 5.85. The van der Waals surface area contributed by atoms with E-state index in [9.17, 15) is 20.1 Å². The number of hydrogen-bond donors (Lipinski definition) is 3. The Morgan fingerprint density at radius 2 is 1.86 bits per heavy atom. The van der Waals surface area contributed by atoms with Crippen molar-refractivity contribution in [3.05, 3.63) is 11.6 Å². The molecule has 0 aromatic rings. The number of cyclic esters (lactones) is 1. The lowest BCUT2D eigenvalue weighted by atomic mass is 9.43. The summed E-state index contributed by atoms with van der Waals surface area (Å²) >= 11 is 0. The average molecular weight is 391 g/mol. The topological polar surface area (TPSA) is 87.0 Å². The molecule has 1 aliphatic heterocycles. The molecule has 156 valence electrons. The molecule has 0 aromatic heterocycles.